The van der Waals surface area contributed by atoms with Crippen molar-refractivity contribution in [1.29, 1.82) is 0 Å². The fourth-order valence-electron chi connectivity index (χ4n) is 23.7. The van der Waals surface area contributed by atoms with Crippen molar-refractivity contribution in [3.05, 3.63) is 539 Å². The Hall–Kier alpha value is -16.8. The van der Waals surface area contributed by atoms with Crippen molar-refractivity contribution < 1.29 is 0 Å². The van der Waals surface area contributed by atoms with Gasteiger partial charge >= 0.3 is 0 Å². The first-order valence-corrected chi connectivity index (χ1v) is 51.6. The quantitative estimate of drug-likeness (QED) is 0.0758. The normalized spacial score (nSPS) is 14.9. The van der Waals surface area contributed by atoms with Crippen LogP contribution < -0.4 is 19.6 Å². The fourth-order valence-corrected chi connectivity index (χ4v) is 23.7. The molecule has 22 aromatic rings. The topological polar surface area (TPSA) is 22.8 Å². The van der Waals surface area contributed by atoms with Crippen LogP contribution in [-0.2, 0) is 21.7 Å². The molecule has 6 heteroatoms. The van der Waals surface area contributed by atoms with E-state index in [1.807, 2.05) is 0 Å². The third-order valence-corrected chi connectivity index (χ3v) is 31.2. The van der Waals surface area contributed by atoms with Crippen molar-refractivity contribution >= 4 is 112 Å². The molecule has 0 amide bonds. The van der Waals surface area contributed by atoms with E-state index in [1.54, 1.807) is 0 Å². The average molecular weight is 1890 g/mol. The lowest BCUT2D eigenvalue weighted by atomic mass is 9.74. The van der Waals surface area contributed by atoms with Gasteiger partial charge in [-0.05, 0) is 357 Å². The fraction of sp³-hybridized carbons (Fsp3) is 0.143. The number of aryl methyl sites for hydroxylation is 8. The summed E-state index contributed by atoms with van der Waals surface area (Å²) in [4.78, 5) is 9.89. The number of anilines is 12. The van der Waals surface area contributed by atoms with Gasteiger partial charge in [0.1, 0.15) is 0 Å². The SMILES string of the molecule is CC1(C)CC(C)(c2cccc(-n3c4ccc(-c5ccccc5)cc4c4cc(-c5ccccc5)ccc43)c2)c2ccc(-n3c4ccc(-c5ccccc5)cc4c4cc(-c5ccccc5)ccc43)cc21.Cc1ccc(N(c2ccc(C)cc2)c2cc(N(c3ccc(C)cc3)c3ccc(C)cc3)cc(C3(C)CC(C)(C)c4cc(N(c5ccc(C)cc5)c5ccc(C)cc5)cc(N(c5ccc(C)cc5)c5ccc(C)cc5)c43)c2)cc1. The summed E-state index contributed by atoms with van der Waals surface area (Å²) >= 11 is 0. The summed E-state index contributed by atoms with van der Waals surface area (Å²) in [5, 5.41) is 5.04. The third-order valence-electron chi connectivity index (χ3n) is 31.2. The molecule has 0 saturated heterocycles. The van der Waals surface area contributed by atoms with E-state index in [-0.39, 0.29) is 16.2 Å². The number of nitrogens with zero attached hydrogens (tertiary/aromatic N) is 6. The van der Waals surface area contributed by atoms with Crippen LogP contribution in [0.3, 0.4) is 0 Å². The number of fused-ring (bicyclic) bond motifs is 8. The maximum atomic E-state index is 2.53. The molecule has 0 N–H and O–H groups in total. The Labute approximate surface area is 860 Å². The molecule has 2 aliphatic rings. The van der Waals surface area contributed by atoms with E-state index in [1.165, 1.54) is 177 Å². The highest BCUT2D eigenvalue weighted by Crippen LogP contribution is 2.62. The second kappa shape index (κ2) is 37.5. The number of benzene rings is 20. The average Bonchev–Trinajstić information content (AvgIpc) is 1.54. The summed E-state index contributed by atoms with van der Waals surface area (Å²) in [5.74, 6) is 0. The first-order chi connectivity index (χ1) is 70.8. The van der Waals surface area contributed by atoms with Crippen molar-refractivity contribution in [2.24, 2.45) is 0 Å². The predicted molar refractivity (Wildman–Crippen MR) is 621 cm³/mol. The van der Waals surface area contributed by atoms with E-state index < -0.39 is 5.41 Å². The van der Waals surface area contributed by atoms with Crippen molar-refractivity contribution in [3.8, 4) is 55.9 Å². The zero-order valence-corrected chi connectivity index (χ0v) is 86.0. The molecule has 0 bridgehead atoms. The van der Waals surface area contributed by atoms with Crippen LogP contribution in [0.2, 0.25) is 0 Å². The van der Waals surface area contributed by atoms with Crippen LogP contribution in [0.15, 0.2) is 461 Å². The van der Waals surface area contributed by atoms with Crippen molar-refractivity contribution in [3.63, 3.8) is 0 Å². The van der Waals surface area contributed by atoms with Crippen LogP contribution >= 0.6 is 0 Å². The molecule has 0 radical (unpaired) electrons. The number of hydrogen-bond donors (Lipinski definition) is 0. The smallest absolute Gasteiger partial charge is 0.0541 e. The van der Waals surface area contributed by atoms with Gasteiger partial charge in [-0.3, -0.25) is 0 Å². The second-order valence-corrected chi connectivity index (χ2v) is 42.8. The van der Waals surface area contributed by atoms with E-state index in [2.05, 4.69) is 587 Å². The molecule has 2 aliphatic carbocycles. The van der Waals surface area contributed by atoms with Crippen LogP contribution in [-0.4, -0.2) is 9.13 Å². The monoisotopic (exact) mass is 1890 g/mol. The van der Waals surface area contributed by atoms with Gasteiger partial charge in [-0.25, -0.2) is 0 Å². The molecule has 146 heavy (non-hydrogen) atoms. The Morgan fingerprint density at radius 1 is 0.185 bits per heavy atom. The van der Waals surface area contributed by atoms with E-state index in [4.69, 9.17) is 0 Å². The summed E-state index contributed by atoms with van der Waals surface area (Å²) in [6.07, 6.45) is 1.87. The molecule has 6 nitrogen and oxygen atoms in total. The Morgan fingerprint density at radius 2 is 0.466 bits per heavy atom. The highest BCUT2D eigenvalue weighted by molar-refractivity contribution is 6.13. The lowest BCUT2D eigenvalue weighted by molar-refractivity contribution is 0.425. The van der Waals surface area contributed by atoms with Crippen molar-refractivity contribution in [2.45, 2.75) is 131 Å². The minimum Gasteiger partial charge on any atom is -0.310 e. The molecule has 2 heterocycles. The molecular weight excluding hydrogens is 1770 g/mol. The highest BCUT2D eigenvalue weighted by atomic mass is 15.2. The molecule has 24 rings (SSSR count). The zero-order chi connectivity index (χ0) is 100. The van der Waals surface area contributed by atoms with Crippen LogP contribution in [0.25, 0.3) is 99.5 Å². The van der Waals surface area contributed by atoms with Gasteiger partial charge in [0.2, 0.25) is 0 Å². The Balaban J connectivity index is 0.000000162. The molecule has 20 aromatic carbocycles. The van der Waals surface area contributed by atoms with Crippen LogP contribution in [0.5, 0.6) is 0 Å². The third kappa shape index (κ3) is 17.3. The summed E-state index contributed by atoms with van der Waals surface area (Å²) < 4.78 is 4.98. The number of hydrogen-bond acceptors (Lipinski definition) is 4. The molecule has 0 spiro atoms. The Bertz CT molecular complexity index is 8150. The van der Waals surface area contributed by atoms with Gasteiger partial charge in [0.25, 0.3) is 0 Å². The van der Waals surface area contributed by atoms with E-state index in [9.17, 15) is 0 Å². The first-order valence-electron chi connectivity index (χ1n) is 51.6. The lowest BCUT2D eigenvalue weighted by Crippen LogP contribution is -2.26. The molecular formula is C140H122N6. The highest BCUT2D eigenvalue weighted by Gasteiger charge is 2.50. The summed E-state index contributed by atoms with van der Waals surface area (Å²) in [6.45, 7) is 32.2. The van der Waals surface area contributed by atoms with Crippen LogP contribution in [0, 0.1) is 55.4 Å². The van der Waals surface area contributed by atoms with E-state index >= 15 is 0 Å². The number of rotatable bonds is 20. The molecule has 2 atom stereocenters. The maximum Gasteiger partial charge on any atom is 0.0541 e. The van der Waals surface area contributed by atoms with Crippen LogP contribution in [0.4, 0.5) is 68.2 Å². The second-order valence-electron chi connectivity index (χ2n) is 42.8. The standard InChI is InChI=1S/C74H72N4.C66H50N2/c1-50-12-28-59(29-13-50)75(60-30-14-51(2)15-31-60)67-44-58(45-68(46-67)76(61-32-16-52(3)17-33-61)62-34-18-53(4)19-35-62)74(11)49-73(9,10)70-47-69(77(63-36-20-54(5)21-37-63)64-38-22-55(6)23-39-64)48-71(72(70)74)78(65-40-24-56(7)25-41-65)66-42-26-57(8)27-43-66;1-65(2)43-66(3,52-25-16-26-53(41-52)67-61-33-27-48(44-17-8-4-9-18-44)37-55(61)56-38-49(28-34-62(56)67)45-19-10-5-11-20-45)59-32-31-54(42-60(59)65)68-63-35-29-50(46-21-12-6-13-22-46)39-57(63)58-40-51(30-36-64(58)68)47-23-14-7-15-24-47/h12-48H,49H2,1-11H3;4-42H,43H2,1-3H3. The zero-order valence-electron chi connectivity index (χ0n) is 86.0. The molecule has 0 fully saturated rings. The molecule has 0 aliphatic heterocycles. The van der Waals surface area contributed by atoms with Gasteiger partial charge in [-0.2, -0.15) is 0 Å². The van der Waals surface area contributed by atoms with Crippen molar-refractivity contribution in [2.75, 3.05) is 19.6 Å². The number of aromatic nitrogens is 2. The summed E-state index contributed by atoms with van der Waals surface area (Å²) in [5.41, 5.74) is 47.1. The largest absolute Gasteiger partial charge is 0.310 e. The molecule has 2 unspecified atom stereocenters. The Kier molecular flexibility index (Phi) is 23.9. The van der Waals surface area contributed by atoms with Gasteiger partial charge in [-0.1, -0.05) is 347 Å². The first kappa shape index (κ1) is 92.9. The van der Waals surface area contributed by atoms with E-state index in [0.717, 1.165) is 81.1 Å². The van der Waals surface area contributed by atoms with Crippen molar-refractivity contribution in [1.82, 2.24) is 9.13 Å². The lowest BCUT2D eigenvalue weighted by Gasteiger charge is -2.37. The minimum atomic E-state index is -0.526. The summed E-state index contributed by atoms with van der Waals surface area (Å²) in [6, 6.07) is 172. The van der Waals surface area contributed by atoms with E-state index in [0.29, 0.717) is 0 Å². The minimum absolute atomic E-state index is 0.0651. The van der Waals surface area contributed by atoms with Gasteiger partial charge in [0.15, 0.2) is 0 Å². The van der Waals surface area contributed by atoms with Gasteiger partial charge in [-0.15, -0.1) is 0 Å². The Morgan fingerprint density at radius 3 is 0.781 bits per heavy atom. The van der Waals surface area contributed by atoms with Crippen LogP contribution in [0.1, 0.15) is 132 Å². The molecule has 712 valence electrons. The molecule has 2 aromatic heterocycles. The molecule has 0 saturated carbocycles. The maximum absolute atomic E-state index is 2.53. The van der Waals surface area contributed by atoms with Gasteiger partial charge in [0.05, 0.1) is 27.8 Å². The predicted octanol–water partition coefficient (Wildman–Crippen LogP) is 38.6. The summed E-state index contributed by atoms with van der Waals surface area (Å²) in [7, 11) is 0. The van der Waals surface area contributed by atoms with Gasteiger partial charge < -0.3 is 28.7 Å². The van der Waals surface area contributed by atoms with Gasteiger partial charge in [0, 0.05) is 106 Å².